The third-order valence-corrected chi connectivity index (χ3v) is 11.9. The lowest BCUT2D eigenvalue weighted by molar-refractivity contribution is -0.167. The minimum absolute atomic E-state index is 0.0784. The number of carbonyl (C=O) groups excluding carboxylic acids is 3. The van der Waals surface area contributed by atoms with E-state index in [1.54, 1.807) is 0 Å². The first-order chi connectivity index (χ1) is 33.0. The molecular formula is C61H104O6. The third kappa shape index (κ3) is 53.4. The first kappa shape index (κ1) is 63.6. The zero-order chi connectivity index (χ0) is 48.6. The van der Waals surface area contributed by atoms with Crippen LogP contribution in [-0.4, -0.2) is 37.2 Å². The zero-order valence-corrected chi connectivity index (χ0v) is 43.9. The Morgan fingerprint density at radius 1 is 0.313 bits per heavy atom. The van der Waals surface area contributed by atoms with E-state index in [-0.39, 0.29) is 31.1 Å². The highest BCUT2D eigenvalue weighted by Gasteiger charge is 2.19. The molecule has 0 saturated heterocycles. The lowest BCUT2D eigenvalue weighted by Crippen LogP contribution is -2.30. The molecule has 0 aliphatic carbocycles. The number of hydrogen-bond donors (Lipinski definition) is 0. The van der Waals surface area contributed by atoms with Crippen LogP contribution in [0, 0.1) is 0 Å². The van der Waals surface area contributed by atoms with Gasteiger partial charge in [0, 0.05) is 19.3 Å². The summed E-state index contributed by atoms with van der Waals surface area (Å²) in [6.07, 6.45) is 71.9. The van der Waals surface area contributed by atoms with Crippen LogP contribution < -0.4 is 0 Å². The number of rotatable bonds is 50. The first-order valence-electron chi connectivity index (χ1n) is 28.1. The molecule has 0 aliphatic heterocycles. The molecule has 0 fully saturated rings. The van der Waals surface area contributed by atoms with Crippen molar-refractivity contribution in [1.82, 2.24) is 0 Å². The van der Waals surface area contributed by atoms with Crippen molar-refractivity contribution in [1.29, 1.82) is 0 Å². The van der Waals surface area contributed by atoms with Crippen molar-refractivity contribution < 1.29 is 28.6 Å². The van der Waals surface area contributed by atoms with E-state index in [0.717, 1.165) is 116 Å². The maximum atomic E-state index is 12.7. The Kier molecular flexibility index (Phi) is 52.4. The van der Waals surface area contributed by atoms with E-state index < -0.39 is 6.10 Å². The molecule has 0 spiro atoms. The molecule has 0 saturated carbocycles. The van der Waals surface area contributed by atoms with Gasteiger partial charge in [-0.15, -0.1) is 0 Å². The van der Waals surface area contributed by atoms with Crippen LogP contribution in [0.25, 0.3) is 0 Å². The number of esters is 3. The predicted octanol–water partition coefficient (Wildman–Crippen LogP) is 18.8. The van der Waals surface area contributed by atoms with Gasteiger partial charge in [-0.1, -0.05) is 254 Å². The van der Waals surface area contributed by atoms with E-state index in [2.05, 4.69) is 106 Å². The summed E-state index contributed by atoms with van der Waals surface area (Å²) in [6, 6.07) is 0. The summed E-state index contributed by atoms with van der Waals surface area (Å²) in [4.78, 5) is 37.7. The summed E-state index contributed by atoms with van der Waals surface area (Å²) in [6.45, 7) is 6.44. The van der Waals surface area contributed by atoms with Crippen LogP contribution in [0.15, 0.2) is 85.1 Å². The molecule has 0 N–H and O–H groups in total. The molecule has 6 nitrogen and oxygen atoms in total. The molecule has 6 heteroatoms. The van der Waals surface area contributed by atoms with Crippen LogP contribution in [0.5, 0.6) is 0 Å². The van der Waals surface area contributed by atoms with Crippen molar-refractivity contribution in [3.8, 4) is 0 Å². The second-order valence-corrected chi connectivity index (χ2v) is 18.5. The van der Waals surface area contributed by atoms with Gasteiger partial charge in [0.1, 0.15) is 13.2 Å². The van der Waals surface area contributed by atoms with Crippen molar-refractivity contribution in [2.45, 2.75) is 271 Å². The Hall–Kier alpha value is -3.41. The molecule has 0 aromatic rings. The molecule has 0 aromatic heterocycles. The van der Waals surface area contributed by atoms with E-state index in [0.29, 0.717) is 19.3 Å². The van der Waals surface area contributed by atoms with Gasteiger partial charge in [-0.05, 0) is 77.0 Å². The maximum Gasteiger partial charge on any atom is 0.306 e. The Morgan fingerprint density at radius 3 is 0.910 bits per heavy atom. The van der Waals surface area contributed by atoms with E-state index in [1.165, 1.54) is 109 Å². The van der Waals surface area contributed by atoms with Crippen LogP contribution in [0.2, 0.25) is 0 Å². The molecule has 0 aliphatic rings. The van der Waals surface area contributed by atoms with E-state index in [4.69, 9.17) is 14.2 Å². The molecule has 0 aromatic carbocycles. The van der Waals surface area contributed by atoms with Crippen molar-refractivity contribution in [3.63, 3.8) is 0 Å². The first-order valence-corrected chi connectivity index (χ1v) is 28.1. The van der Waals surface area contributed by atoms with Crippen molar-refractivity contribution in [3.05, 3.63) is 85.1 Å². The standard InChI is InChI=1S/C61H104O6/c1-4-7-10-13-15-17-19-21-23-24-25-26-27-28-29-30-31-32-33-34-35-36-38-39-41-43-45-48-51-54-60(63)66-57-58(56-65-59(62)53-50-47-12-9-6-3)67-61(64)55-52-49-46-44-42-40-37-22-20-18-16-14-11-8-5-2/h7,10,15,17,21,23,25-26,28-29,31-32,34-35,58H,4-6,8-9,11-14,16,18-20,22,24,27,30,33,36-57H2,1-3H3/b10-7-,17-15-,23-21-,26-25-,29-28-,32-31-,35-34-. The minimum Gasteiger partial charge on any atom is -0.462 e. The van der Waals surface area contributed by atoms with Gasteiger partial charge in [-0.3, -0.25) is 14.4 Å². The molecule has 0 heterocycles. The maximum absolute atomic E-state index is 12.7. The molecule has 0 amide bonds. The fourth-order valence-corrected chi connectivity index (χ4v) is 7.72. The lowest BCUT2D eigenvalue weighted by Gasteiger charge is -2.18. The Balaban J connectivity index is 4.10. The minimum atomic E-state index is -0.775. The van der Waals surface area contributed by atoms with E-state index in [9.17, 15) is 14.4 Å². The molecule has 0 bridgehead atoms. The summed E-state index contributed by atoms with van der Waals surface area (Å²) in [7, 11) is 0. The molecule has 384 valence electrons. The van der Waals surface area contributed by atoms with Gasteiger partial charge < -0.3 is 14.2 Å². The quantitative estimate of drug-likeness (QED) is 0.0262. The fourth-order valence-electron chi connectivity index (χ4n) is 7.72. The molecule has 0 radical (unpaired) electrons. The van der Waals surface area contributed by atoms with Gasteiger partial charge in [0.15, 0.2) is 6.10 Å². The zero-order valence-electron chi connectivity index (χ0n) is 43.9. The van der Waals surface area contributed by atoms with Gasteiger partial charge in [0.2, 0.25) is 0 Å². The SMILES string of the molecule is CC/C=C\C/C=C\C/C=C\C/C=C\C/C=C\C/C=C\C/C=C\CCCCCCCCCC(=O)OCC(COC(=O)CCCCCCC)OC(=O)CCCCCCCCCCCCCCCCC. The summed E-state index contributed by atoms with van der Waals surface area (Å²) in [5.41, 5.74) is 0. The molecule has 1 unspecified atom stereocenters. The topological polar surface area (TPSA) is 78.9 Å². The molecular weight excluding hydrogens is 829 g/mol. The average molecular weight is 933 g/mol. The lowest BCUT2D eigenvalue weighted by atomic mass is 10.0. The fraction of sp³-hybridized carbons (Fsp3) is 0.721. The molecule has 1 atom stereocenters. The van der Waals surface area contributed by atoms with Crippen molar-refractivity contribution >= 4 is 17.9 Å². The summed E-state index contributed by atoms with van der Waals surface area (Å²) in [5.74, 6) is -0.899. The summed E-state index contributed by atoms with van der Waals surface area (Å²) < 4.78 is 16.7. The van der Waals surface area contributed by atoms with Crippen molar-refractivity contribution in [2.75, 3.05) is 13.2 Å². The summed E-state index contributed by atoms with van der Waals surface area (Å²) >= 11 is 0. The number of unbranched alkanes of at least 4 members (excludes halogenated alkanes) is 25. The summed E-state index contributed by atoms with van der Waals surface area (Å²) in [5, 5.41) is 0. The third-order valence-electron chi connectivity index (χ3n) is 11.9. The predicted molar refractivity (Wildman–Crippen MR) is 288 cm³/mol. The van der Waals surface area contributed by atoms with Crippen LogP contribution in [0.3, 0.4) is 0 Å². The monoisotopic (exact) mass is 933 g/mol. The smallest absolute Gasteiger partial charge is 0.306 e. The van der Waals surface area contributed by atoms with Gasteiger partial charge in [-0.25, -0.2) is 0 Å². The van der Waals surface area contributed by atoms with Gasteiger partial charge in [0.25, 0.3) is 0 Å². The molecule has 67 heavy (non-hydrogen) atoms. The second kappa shape index (κ2) is 55.2. The second-order valence-electron chi connectivity index (χ2n) is 18.5. The Morgan fingerprint density at radius 2 is 0.582 bits per heavy atom. The van der Waals surface area contributed by atoms with E-state index in [1.807, 2.05) is 0 Å². The van der Waals surface area contributed by atoms with Crippen molar-refractivity contribution in [2.24, 2.45) is 0 Å². The van der Waals surface area contributed by atoms with Crippen LogP contribution >= 0.6 is 0 Å². The number of hydrogen-bond acceptors (Lipinski definition) is 6. The highest BCUT2D eigenvalue weighted by Crippen LogP contribution is 2.15. The van der Waals surface area contributed by atoms with Crippen LogP contribution in [-0.2, 0) is 28.6 Å². The Bertz CT molecular complexity index is 1300. The highest BCUT2D eigenvalue weighted by atomic mass is 16.6. The van der Waals surface area contributed by atoms with E-state index >= 15 is 0 Å². The number of allylic oxidation sites excluding steroid dienone is 14. The number of carbonyl (C=O) groups is 3. The van der Waals surface area contributed by atoms with Crippen LogP contribution in [0.4, 0.5) is 0 Å². The highest BCUT2D eigenvalue weighted by molar-refractivity contribution is 5.71. The average Bonchev–Trinajstić information content (AvgIpc) is 3.33. The number of ether oxygens (including phenoxy) is 3. The van der Waals surface area contributed by atoms with Crippen LogP contribution in [0.1, 0.15) is 265 Å². The van der Waals surface area contributed by atoms with Gasteiger partial charge in [-0.2, -0.15) is 0 Å². The van der Waals surface area contributed by atoms with Gasteiger partial charge in [0.05, 0.1) is 0 Å². The van der Waals surface area contributed by atoms with Gasteiger partial charge >= 0.3 is 17.9 Å². The Labute approximate surface area is 414 Å². The normalized spacial score (nSPS) is 12.7. The largest absolute Gasteiger partial charge is 0.462 e. The molecule has 0 rings (SSSR count).